The Morgan fingerprint density at radius 3 is 2.70 bits per heavy atom. The number of amides is 1. The molecule has 0 unspecified atom stereocenters. The molecule has 3 aromatic rings. The van der Waals surface area contributed by atoms with Gasteiger partial charge < -0.3 is 11.1 Å². The fourth-order valence-corrected chi connectivity index (χ4v) is 5.82. The van der Waals surface area contributed by atoms with Crippen LogP contribution in [-0.2, 0) is 11.3 Å². The second-order valence-electron chi connectivity index (χ2n) is 8.36. The summed E-state index contributed by atoms with van der Waals surface area (Å²) < 4.78 is 4.74. The summed E-state index contributed by atoms with van der Waals surface area (Å²) in [5, 5.41) is 7.56. The van der Waals surface area contributed by atoms with E-state index in [-0.39, 0.29) is 35.0 Å². The molecule has 3 saturated carbocycles. The second-order valence-corrected chi connectivity index (χ2v) is 10.1. The van der Waals surface area contributed by atoms with Gasteiger partial charge in [0.15, 0.2) is 0 Å². The first-order valence-electron chi connectivity index (χ1n) is 9.00. The minimum atomic E-state index is -0.276. The van der Waals surface area contributed by atoms with Gasteiger partial charge >= 0.3 is 0 Å². The van der Waals surface area contributed by atoms with E-state index in [9.17, 15) is 9.59 Å². The topological polar surface area (TPSA) is 94.4 Å². The summed E-state index contributed by atoms with van der Waals surface area (Å²) in [6.45, 7) is 3.94. The van der Waals surface area contributed by atoms with E-state index < -0.39 is 0 Å². The first-order valence-corrected chi connectivity index (χ1v) is 10.2. The molecule has 0 spiro atoms. The van der Waals surface area contributed by atoms with Crippen LogP contribution < -0.4 is 16.6 Å². The molecule has 3 aliphatic carbocycles. The van der Waals surface area contributed by atoms with Crippen molar-refractivity contribution in [3.63, 3.8) is 0 Å². The molecule has 2 bridgehead atoms. The fourth-order valence-electron chi connectivity index (χ4n) is 4.66. The van der Waals surface area contributed by atoms with Gasteiger partial charge in [0.25, 0.3) is 5.56 Å². The highest BCUT2D eigenvalue weighted by atomic mass is 35.5. The lowest BCUT2D eigenvalue weighted by molar-refractivity contribution is -0.136. The molecule has 3 aromatic heterocycles. The number of hydrogen-bond acceptors (Lipinski definition) is 5. The van der Waals surface area contributed by atoms with E-state index >= 15 is 0 Å². The zero-order valence-corrected chi connectivity index (χ0v) is 16.7. The summed E-state index contributed by atoms with van der Waals surface area (Å²) in [5.74, 6) is 0.613. The third kappa shape index (κ3) is 2.47. The number of aromatic nitrogens is 3. The molecular formula is C18H20ClN5O2S. The molecule has 3 aliphatic rings. The number of rotatable bonds is 4. The van der Waals surface area contributed by atoms with Gasteiger partial charge in [0.05, 0.1) is 14.6 Å². The molecule has 0 radical (unpaired) electrons. The normalized spacial score (nSPS) is 26.4. The number of fused-ring (bicyclic) bond motifs is 3. The number of halogens is 1. The molecule has 0 atom stereocenters. The highest BCUT2D eigenvalue weighted by molar-refractivity contribution is 7.22. The van der Waals surface area contributed by atoms with Crippen molar-refractivity contribution < 1.29 is 4.79 Å². The van der Waals surface area contributed by atoms with Gasteiger partial charge in [0.1, 0.15) is 17.9 Å². The van der Waals surface area contributed by atoms with Crippen LogP contribution in [0.15, 0.2) is 16.9 Å². The molecular weight excluding hydrogens is 386 g/mol. The van der Waals surface area contributed by atoms with Crippen LogP contribution in [0.2, 0.25) is 4.34 Å². The van der Waals surface area contributed by atoms with Gasteiger partial charge in [0, 0.05) is 17.0 Å². The number of hydrogen-bond donors (Lipinski definition) is 2. The molecule has 0 aliphatic heterocycles. The molecule has 3 heterocycles. The minimum Gasteiger partial charge on any atom is -0.349 e. The van der Waals surface area contributed by atoms with Gasteiger partial charge in [-0.05, 0) is 31.4 Å². The van der Waals surface area contributed by atoms with E-state index in [4.69, 9.17) is 17.3 Å². The van der Waals surface area contributed by atoms with Crippen molar-refractivity contribution in [3.05, 3.63) is 32.6 Å². The molecule has 0 saturated heterocycles. The van der Waals surface area contributed by atoms with Crippen molar-refractivity contribution in [1.29, 1.82) is 0 Å². The first-order chi connectivity index (χ1) is 12.7. The monoisotopic (exact) mass is 405 g/mol. The molecule has 3 N–H and O–H groups in total. The van der Waals surface area contributed by atoms with E-state index in [0.717, 1.165) is 35.3 Å². The Balaban J connectivity index is 1.53. The van der Waals surface area contributed by atoms with Crippen LogP contribution >= 0.6 is 22.9 Å². The minimum absolute atomic E-state index is 0.0754. The molecule has 6 rings (SSSR count). The SMILES string of the molecule is CC(C)c1nn(CC(=O)NC23CC(N)(C2)C3)c(=O)c2cc3sc(Cl)cc3n12. The molecule has 3 fully saturated rings. The predicted octanol–water partition coefficient (Wildman–Crippen LogP) is 2.24. The van der Waals surface area contributed by atoms with E-state index in [1.54, 1.807) is 0 Å². The molecule has 9 heteroatoms. The summed E-state index contributed by atoms with van der Waals surface area (Å²) in [5.41, 5.74) is 6.94. The Morgan fingerprint density at radius 1 is 1.37 bits per heavy atom. The van der Waals surface area contributed by atoms with Gasteiger partial charge in [-0.15, -0.1) is 11.3 Å². The van der Waals surface area contributed by atoms with Crippen molar-refractivity contribution in [2.75, 3.05) is 0 Å². The number of nitrogens with zero attached hydrogens (tertiary/aromatic N) is 3. The van der Waals surface area contributed by atoms with Gasteiger partial charge in [0.2, 0.25) is 5.91 Å². The first kappa shape index (κ1) is 17.2. The highest BCUT2D eigenvalue weighted by Crippen LogP contribution is 2.58. The summed E-state index contributed by atoms with van der Waals surface area (Å²) in [6, 6.07) is 3.68. The standard InChI is InChI=1S/C18H20ClN5O2S/c1-9(2)15-22-23(5-14(25)21-18-6-17(20,7-18)8-18)16(26)11-3-12-10(24(11)15)4-13(19)27-12/h3-4,9H,5-8,20H2,1-2H3,(H,21,25). The lowest BCUT2D eigenvalue weighted by atomic mass is 9.44. The lowest BCUT2D eigenvalue weighted by Gasteiger charge is -2.68. The average molecular weight is 406 g/mol. The Hall–Kier alpha value is -1.90. The van der Waals surface area contributed by atoms with E-state index in [2.05, 4.69) is 10.4 Å². The van der Waals surface area contributed by atoms with Crippen LogP contribution in [0, 0.1) is 0 Å². The van der Waals surface area contributed by atoms with Crippen LogP contribution in [0.25, 0.3) is 15.7 Å². The maximum atomic E-state index is 13.0. The molecule has 7 nitrogen and oxygen atoms in total. The van der Waals surface area contributed by atoms with Crippen LogP contribution in [0.1, 0.15) is 44.9 Å². The summed E-state index contributed by atoms with van der Waals surface area (Å²) in [6.07, 6.45) is 2.46. The fraction of sp³-hybridized carbons (Fsp3) is 0.500. The van der Waals surface area contributed by atoms with E-state index in [1.807, 2.05) is 30.4 Å². The number of nitrogens with one attached hydrogen (secondary N) is 1. The van der Waals surface area contributed by atoms with Crippen molar-refractivity contribution in [2.24, 2.45) is 5.73 Å². The number of carbonyl (C=O) groups excluding carboxylic acids is 1. The van der Waals surface area contributed by atoms with E-state index in [0.29, 0.717) is 9.85 Å². The average Bonchev–Trinajstić information content (AvgIpc) is 3.03. The Morgan fingerprint density at radius 2 is 2.07 bits per heavy atom. The van der Waals surface area contributed by atoms with E-state index in [1.165, 1.54) is 16.0 Å². The van der Waals surface area contributed by atoms with Crippen LogP contribution in [0.5, 0.6) is 0 Å². The molecule has 0 aromatic carbocycles. The zero-order valence-electron chi connectivity index (χ0n) is 15.1. The van der Waals surface area contributed by atoms with Gasteiger partial charge in [-0.1, -0.05) is 25.4 Å². The highest BCUT2D eigenvalue weighted by Gasteiger charge is 2.66. The molecule has 142 valence electrons. The third-order valence-electron chi connectivity index (χ3n) is 5.65. The molecule has 1 amide bonds. The predicted molar refractivity (Wildman–Crippen MR) is 106 cm³/mol. The van der Waals surface area contributed by atoms with Gasteiger partial charge in [-0.25, -0.2) is 4.68 Å². The molecule has 27 heavy (non-hydrogen) atoms. The summed E-state index contributed by atoms with van der Waals surface area (Å²) >= 11 is 7.56. The van der Waals surface area contributed by atoms with Gasteiger partial charge in [-0.3, -0.25) is 14.0 Å². The van der Waals surface area contributed by atoms with Crippen LogP contribution in [0.3, 0.4) is 0 Å². The van der Waals surface area contributed by atoms with Crippen molar-refractivity contribution in [2.45, 2.75) is 56.7 Å². The van der Waals surface area contributed by atoms with Crippen molar-refractivity contribution in [3.8, 4) is 0 Å². The van der Waals surface area contributed by atoms with Crippen LogP contribution in [0.4, 0.5) is 0 Å². The Labute approximate surface area is 164 Å². The third-order valence-corrected chi connectivity index (χ3v) is 6.85. The summed E-state index contributed by atoms with van der Waals surface area (Å²) in [7, 11) is 0. The number of nitrogens with two attached hydrogens (primary N) is 1. The number of carbonyl (C=O) groups is 1. The Kier molecular flexibility index (Phi) is 3.40. The number of thiophene rings is 1. The van der Waals surface area contributed by atoms with Gasteiger partial charge in [-0.2, -0.15) is 5.10 Å². The van der Waals surface area contributed by atoms with Crippen molar-refractivity contribution in [1.82, 2.24) is 19.5 Å². The summed E-state index contributed by atoms with van der Waals surface area (Å²) in [4.78, 5) is 25.5. The largest absolute Gasteiger partial charge is 0.349 e. The maximum absolute atomic E-state index is 13.0. The smallest absolute Gasteiger partial charge is 0.291 e. The second kappa shape index (κ2) is 5.33. The van der Waals surface area contributed by atoms with Crippen LogP contribution in [-0.4, -0.2) is 31.2 Å². The Bertz CT molecular complexity index is 1150. The lowest BCUT2D eigenvalue weighted by Crippen LogP contribution is -2.82. The quantitative estimate of drug-likeness (QED) is 0.695. The maximum Gasteiger partial charge on any atom is 0.291 e. The van der Waals surface area contributed by atoms with Crippen molar-refractivity contribution >= 4 is 44.6 Å². The zero-order chi connectivity index (χ0) is 19.1.